The van der Waals surface area contributed by atoms with Crippen molar-refractivity contribution in [3.8, 4) is 0 Å². The molecule has 0 aliphatic carbocycles. The Balaban J connectivity index is 2.96. The molecular formula is C10H14N2O5S. The largest absolute Gasteiger partial charge is 0.462 e. The molecule has 0 aliphatic rings. The zero-order valence-corrected chi connectivity index (χ0v) is 10.7. The maximum atomic E-state index is 11.5. The Labute approximate surface area is 107 Å². The number of thiazole rings is 1. The predicted octanol–water partition coefficient (Wildman–Crippen LogP) is -0.492. The summed E-state index contributed by atoms with van der Waals surface area (Å²) in [6.45, 7) is 3.45. The SMILES string of the molecule is CCOC(=O)c1sc(C(O)C(O)C(N)=O)nc1C. The molecule has 0 saturated heterocycles. The van der Waals surface area contributed by atoms with Gasteiger partial charge in [-0.25, -0.2) is 9.78 Å². The van der Waals surface area contributed by atoms with Crippen LogP contribution in [0.1, 0.15) is 33.4 Å². The molecule has 7 nitrogen and oxygen atoms in total. The Morgan fingerprint density at radius 2 is 2.11 bits per heavy atom. The summed E-state index contributed by atoms with van der Waals surface area (Å²) in [5.41, 5.74) is 5.23. The van der Waals surface area contributed by atoms with Gasteiger partial charge in [-0.1, -0.05) is 0 Å². The van der Waals surface area contributed by atoms with Crippen LogP contribution in [0.25, 0.3) is 0 Å². The number of hydrogen-bond acceptors (Lipinski definition) is 7. The van der Waals surface area contributed by atoms with E-state index in [4.69, 9.17) is 10.5 Å². The molecule has 0 radical (unpaired) electrons. The zero-order chi connectivity index (χ0) is 13.9. The molecule has 100 valence electrons. The van der Waals surface area contributed by atoms with Crippen LogP contribution < -0.4 is 5.73 Å². The molecule has 1 aromatic heterocycles. The van der Waals surface area contributed by atoms with Crippen molar-refractivity contribution in [2.24, 2.45) is 5.73 Å². The minimum Gasteiger partial charge on any atom is -0.462 e. The summed E-state index contributed by atoms with van der Waals surface area (Å²) < 4.78 is 4.81. The van der Waals surface area contributed by atoms with E-state index in [9.17, 15) is 19.8 Å². The van der Waals surface area contributed by atoms with Gasteiger partial charge in [-0.2, -0.15) is 0 Å². The van der Waals surface area contributed by atoms with Gasteiger partial charge in [0.1, 0.15) is 16.0 Å². The van der Waals surface area contributed by atoms with Crippen LogP contribution in [-0.2, 0) is 9.53 Å². The van der Waals surface area contributed by atoms with E-state index >= 15 is 0 Å². The molecule has 0 aliphatic heterocycles. The molecule has 2 atom stereocenters. The highest BCUT2D eigenvalue weighted by molar-refractivity contribution is 7.13. The smallest absolute Gasteiger partial charge is 0.350 e. The van der Waals surface area contributed by atoms with Gasteiger partial charge < -0.3 is 20.7 Å². The van der Waals surface area contributed by atoms with Crippen molar-refractivity contribution in [1.29, 1.82) is 0 Å². The maximum Gasteiger partial charge on any atom is 0.350 e. The van der Waals surface area contributed by atoms with E-state index in [1.807, 2.05) is 0 Å². The summed E-state index contributed by atoms with van der Waals surface area (Å²) in [4.78, 5) is 26.4. The molecule has 0 saturated carbocycles. The number of carbonyl (C=O) groups excluding carboxylic acids is 2. The number of hydrogen-bond donors (Lipinski definition) is 3. The highest BCUT2D eigenvalue weighted by Gasteiger charge is 2.28. The maximum absolute atomic E-state index is 11.5. The van der Waals surface area contributed by atoms with Gasteiger partial charge in [-0.05, 0) is 13.8 Å². The van der Waals surface area contributed by atoms with E-state index in [0.29, 0.717) is 5.69 Å². The second kappa shape index (κ2) is 5.89. The number of aryl methyl sites for hydroxylation is 1. The molecule has 8 heteroatoms. The molecule has 1 rings (SSSR count). The van der Waals surface area contributed by atoms with E-state index in [1.165, 1.54) is 0 Å². The number of aliphatic hydroxyl groups is 2. The van der Waals surface area contributed by atoms with Crippen molar-refractivity contribution in [3.63, 3.8) is 0 Å². The summed E-state index contributed by atoms with van der Waals surface area (Å²) in [7, 11) is 0. The predicted molar refractivity (Wildman–Crippen MR) is 63.0 cm³/mol. The number of nitrogens with two attached hydrogens (primary N) is 1. The Bertz CT molecular complexity index is 459. The number of aromatic nitrogens is 1. The fourth-order valence-electron chi connectivity index (χ4n) is 1.22. The van der Waals surface area contributed by atoms with Gasteiger partial charge in [0.25, 0.3) is 0 Å². The zero-order valence-electron chi connectivity index (χ0n) is 9.91. The molecule has 0 fully saturated rings. The van der Waals surface area contributed by atoms with Crippen LogP contribution in [0.3, 0.4) is 0 Å². The molecule has 1 amide bonds. The topological polar surface area (TPSA) is 123 Å². The molecule has 0 bridgehead atoms. The summed E-state index contributed by atoms with van der Waals surface area (Å²) >= 11 is 0.858. The lowest BCUT2D eigenvalue weighted by Crippen LogP contribution is -2.33. The van der Waals surface area contributed by atoms with Crippen molar-refractivity contribution in [3.05, 3.63) is 15.6 Å². The Kier molecular flexibility index (Phi) is 4.76. The molecular weight excluding hydrogens is 260 g/mol. The van der Waals surface area contributed by atoms with Gasteiger partial charge in [0.15, 0.2) is 6.10 Å². The van der Waals surface area contributed by atoms with Crippen molar-refractivity contribution >= 4 is 23.2 Å². The number of aliphatic hydroxyl groups excluding tert-OH is 2. The summed E-state index contributed by atoms with van der Waals surface area (Å²) in [6.07, 6.45) is -3.31. The van der Waals surface area contributed by atoms with Gasteiger partial charge in [0.05, 0.1) is 12.3 Å². The van der Waals surface area contributed by atoms with Crippen LogP contribution in [0.4, 0.5) is 0 Å². The van der Waals surface area contributed by atoms with Crippen molar-refractivity contribution < 1.29 is 24.5 Å². The van der Waals surface area contributed by atoms with Crippen molar-refractivity contribution in [1.82, 2.24) is 4.98 Å². The van der Waals surface area contributed by atoms with Crippen LogP contribution in [0.5, 0.6) is 0 Å². The van der Waals surface area contributed by atoms with Gasteiger partial charge in [0, 0.05) is 0 Å². The number of carbonyl (C=O) groups is 2. The van der Waals surface area contributed by atoms with Gasteiger partial charge in [-0.3, -0.25) is 4.79 Å². The number of primary amides is 1. The second-order valence-corrected chi connectivity index (χ2v) is 4.51. The van der Waals surface area contributed by atoms with Crippen LogP contribution in [0.2, 0.25) is 0 Å². The Morgan fingerprint density at radius 1 is 1.50 bits per heavy atom. The Hall–Kier alpha value is -1.51. The first-order valence-corrected chi connectivity index (χ1v) is 6.00. The molecule has 0 spiro atoms. The fourth-order valence-corrected chi connectivity index (χ4v) is 2.20. The number of amides is 1. The number of esters is 1. The standard InChI is InChI=1S/C10H14N2O5S/c1-3-17-10(16)7-4(2)12-9(18-7)6(14)5(13)8(11)15/h5-6,13-14H,3H2,1-2H3,(H2,11,15). The highest BCUT2D eigenvalue weighted by atomic mass is 32.1. The normalized spacial score (nSPS) is 14.0. The second-order valence-electron chi connectivity index (χ2n) is 3.48. The van der Waals surface area contributed by atoms with E-state index in [1.54, 1.807) is 13.8 Å². The number of ether oxygens (including phenoxy) is 1. The first-order valence-electron chi connectivity index (χ1n) is 5.18. The third-order valence-corrected chi connectivity index (χ3v) is 3.33. The lowest BCUT2D eigenvalue weighted by molar-refractivity contribution is -0.131. The van der Waals surface area contributed by atoms with E-state index < -0.39 is 24.1 Å². The summed E-state index contributed by atoms with van der Waals surface area (Å²) in [6, 6.07) is 0. The molecule has 2 unspecified atom stereocenters. The molecule has 1 heterocycles. The third kappa shape index (κ3) is 3.03. The first-order chi connectivity index (χ1) is 8.38. The lowest BCUT2D eigenvalue weighted by atomic mass is 10.2. The van der Waals surface area contributed by atoms with E-state index in [-0.39, 0.29) is 16.5 Å². The van der Waals surface area contributed by atoms with Crippen molar-refractivity contribution in [2.45, 2.75) is 26.1 Å². The van der Waals surface area contributed by atoms with Gasteiger partial charge in [-0.15, -0.1) is 11.3 Å². The summed E-state index contributed by atoms with van der Waals surface area (Å²) in [5, 5.41) is 19.0. The molecule has 4 N–H and O–H groups in total. The quantitative estimate of drug-likeness (QED) is 0.622. The van der Waals surface area contributed by atoms with Gasteiger partial charge in [0.2, 0.25) is 5.91 Å². The van der Waals surface area contributed by atoms with Crippen LogP contribution in [0, 0.1) is 6.92 Å². The molecule has 0 aromatic carbocycles. The van der Waals surface area contributed by atoms with Crippen LogP contribution >= 0.6 is 11.3 Å². The van der Waals surface area contributed by atoms with Crippen LogP contribution in [-0.4, -0.2) is 39.8 Å². The fraction of sp³-hybridized carbons (Fsp3) is 0.500. The minimum atomic E-state index is -1.76. The van der Waals surface area contributed by atoms with Crippen molar-refractivity contribution in [2.75, 3.05) is 6.61 Å². The van der Waals surface area contributed by atoms with E-state index in [0.717, 1.165) is 11.3 Å². The number of rotatable bonds is 5. The van der Waals surface area contributed by atoms with Gasteiger partial charge >= 0.3 is 5.97 Å². The van der Waals surface area contributed by atoms with Crippen LogP contribution in [0.15, 0.2) is 0 Å². The molecule has 18 heavy (non-hydrogen) atoms. The average molecular weight is 274 g/mol. The van der Waals surface area contributed by atoms with E-state index in [2.05, 4.69) is 4.98 Å². The minimum absolute atomic E-state index is 0.0434. The summed E-state index contributed by atoms with van der Waals surface area (Å²) in [5.74, 6) is -1.62. The first kappa shape index (κ1) is 14.6. The molecule has 1 aromatic rings. The number of nitrogens with zero attached hydrogens (tertiary/aromatic N) is 1. The lowest BCUT2D eigenvalue weighted by Gasteiger charge is -2.11. The average Bonchev–Trinajstić information content (AvgIpc) is 2.69. The third-order valence-electron chi connectivity index (χ3n) is 2.12. The monoisotopic (exact) mass is 274 g/mol. The Morgan fingerprint density at radius 3 is 2.61 bits per heavy atom. The highest BCUT2D eigenvalue weighted by Crippen LogP contribution is 2.26.